The van der Waals surface area contributed by atoms with Gasteiger partial charge < -0.3 is 14.9 Å². The number of likely N-dealkylation sites (tertiary alicyclic amines) is 1. The SMILES string of the molecule is CN(CCc1cc(C(F)(F)F)cc(C(F)(F)F)c1)C(=O)C(c1ccccc1)N1CCC(N(C)CCCCO)CC1. The zero-order valence-corrected chi connectivity index (χ0v) is 22.8. The predicted molar refractivity (Wildman–Crippen MR) is 141 cm³/mol. The van der Waals surface area contributed by atoms with Gasteiger partial charge in [0.2, 0.25) is 5.91 Å². The summed E-state index contributed by atoms with van der Waals surface area (Å²) < 4.78 is 79.6. The number of benzene rings is 2. The molecule has 0 bridgehead atoms. The molecule has 2 aromatic carbocycles. The van der Waals surface area contributed by atoms with Crippen molar-refractivity contribution < 1.29 is 36.2 Å². The van der Waals surface area contributed by atoms with Crippen LogP contribution in [-0.4, -0.2) is 78.6 Å². The summed E-state index contributed by atoms with van der Waals surface area (Å²) in [6.45, 7) is 2.33. The molecule has 5 nitrogen and oxygen atoms in total. The molecule has 0 saturated carbocycles. The van der Waals surface area contributed by atoms with Crippen LogP contribution in [-0.2, 0) is 23.6 Å². The zero-order valence-electron chi connectivity index (χ0n) is 22.8. The molecule has 1 aliphatic heterocycles. The van der Waals surface area contributed by atoms with Gasteiger partial charge in [0.1, 0.15) is 6.04 Å². The molecule has 1 N–H and O–H groups in total. The fourth-order valence-corrected chi connectivity index (χ4v) is 5.16. The third kappa shape index (κ3) is 8.68. The molecular weight excluding hydrogens is 536 g/mol. The van der Waals surface area contributed by atoms with Crippen LogP contribution in [0.15, 0.2) is 48.5 Å². The standard InChI is InChI=1S/C29H37F6N3O2/c1-36(13-6-7-17-39)25-11-15-38(16-12-25)26(22-8-4-3-5-9-22)27(40)37(2)14-10-21-18-23(28(30,31)32)20-24(19-21)29(33,34)35/h3-5,8-9,18-20,25-26,39H,6-7,10-17H2,1-2H3. The molecule has 1 unspecified atom stereocenters. The number of likely N-dealkylation sites (N-methyl/N-ethyl adjacent to an activating group) is 1. The molecule has 1 heterocycles. The van der Waals surface area contributed by atoms with Gasteiger partial charge in [-0.1, -0.05) is 30.3 Å². The highest BCUT2D eigenvalue weighted by atomic mass is 19.4. The number of halogens is 6. The molecule has 0 aromatic heterocycles. The summed E-state index contributed by atoms with van der Waals surface area (Å²) in [7, 11) is 3.58. The van der Waals surface area contributed by atoms with Crippen LogP contribution in [0.3, 0.4) is 0 Å². The number of unbranched alkanes of at least 4 members (excludes halogenated alkanes) is 1. The van der Waals surface area contributed by atoms with E-state index >= 15 is 0 Å². The molecule has 3 rings (SSSR count). The van der Waals surface area contributed by atoms with Crippen molar-refractivity contribution >= 4 is 5.91 Å². The van der Waals surface area contributed by atoms with E-state index in [9.17, 15) is 31.1 Å². The highest BCUT2D eigenvalue weighted by Crippen LogP contribution is 2.36. The Labute approximate surface area is 231 Å². The van der Waals surface area contributed by atoms with E-state index in [1.807, 2.05) is 30.3 Å². The number of alkyl halides is 6. The molecule has 1 fully saturated rings. The monoisotopic (exact) mass is 573 g/mol. The van der Waals surface area contributed by atoms with Crippen LogP contribution in [0.4, 0.5) is 26.3 Å². The van der Waals surface area contributed by atoms with E-state index in [1.165, 1.54) is 11.9 Å². The molecular formula is C29H37F6N3O2. The van der Waals surface area contributed by atoms with Gasteiger partial charge in [-0.05, 0) is 75.0 Å². The fraction of sp³-hybridized carbons (Fsp3) is 0.552. The number of rotatable bonds is 11. The van der Waals surface area contributed by atoms with Crippen molar-refractivity contribution in [2.24, 2.45) is 0 Å². The number of nitrogens with zero attached hydrogens (tertiary/aromatic N) is 3. The van der Waals surface area contributed by atoms with Crippen molar-refractivity contribution in [2.75, 3.05) is 46.9 Å². The number of piperidine rings is 1. The van der Waals surface area contributed by atoms with E-state index in [0.29, 0.717) is 31.3 Å². The van der Waals surface area contributed by atoms with Crippen LogP contribution >= 0.6 is 0 Å². The lowest BCUT2D eigenvalue weighted by Gasteiger charge is -2.41. The van der Waals surface area contributed by atoms with Crippen molar-refractivity contribution in [2.45, 2.75) is 56.5 Å². The molecule has 1 aliphatic rings. The van der Waals surface area contributed by atoms with Gasteiger partial charge in [-0.2, -0.15) is 26.3 Å². The van der Waals surface area contributed by atoms with Gasteiger partial charge in [0.25, 0.3) is 0 Å². The minimum atomic E-state index is -4.92. The van der Waals surface area contributed by atoms with E-state index < -0.39 is 29.5 Å². The number of aliphatic hydroxyl groups excluding tert-OH is 1. The lowest BCUT2D eigenvalue weighted by atomic mass is 9.97. The van der Waals surface area contributed by atoms with E-state index in [2.05, 4.69) is 16.8 Å². The number of carbonyl (C=O) groups excluding carboxylic acids is 1. The minimum absolute atomic E-state index is 0.0369. The Bertz CT molecular complexity index is 1050. The largest absolute Gasteiger partial charge is 0.416 e. The Morgan fingerprint density at radius 1 is 0.925 bits per heavy atom. The lowest BCUT2D eigenvalue weighted by Crippen LogP contribution is -2.48. The molecule has 1 atom stereocenters. The first-order valence-corrected chi connectivity index (χ1v) is 13.4. The summed E-state index contributed by atoms with van der Waals surface area (Å²) in [4.78, 5) is 19.5. The third-order valence-corrected chi connectivity index (χ3v) is 7.52. The summed E-state index contributed by atoms with van der Waals surface area (Å²) >= 11 is 0. The first kappa shape index (κ1) is 31.9. The minimum Gasteiger partial charge on any atom is -0.396 e. The molecule has 1 amide bonds. The van der Waals surface area contributed by atoms with Gasteiger partial charge in [-0.25, -0.2) is 0 Å². The third-order valence-electron chi connectivity index (χ3n) is 7.52. The Kier molecular flexibility index (Phi) is 11.0. The number of aliphatic hydroxyl groups is 1. The Hall–Kier alpha value is -2.63. The van der Waals surface area contributed by atoms with Crippen LogP contribution in [0, 0.1) is 0 Å². The van der Waals surface area contributed by atoms with Crippen molar-refractivity contribution in [3.05, 3.63) is 70.8 Å². The van der Waals surface area contributed by atoms with Gasteiger partial charge in [-0.15, -0.1) is 0 Å². The molecule has 0 aliphatic carbocycles. The highest BCUT2D eigenvalue weighted by Gasteiger charge is 2.37. The van der Waals surface area contributed by atoms with Crippen LogP contribution < -0.4 is 0 Å². The average Bonchev–Trinajstić information content (AvgIpc) is 2.91. The Balaban J connectivity index is 1.73. The first-order chi connectivity index (χ1) is 18.8. The Morgan fingerprint density at radius 3 is 2.02 bits per heavy atom. The summed E-state index contributed by atoms with van der Waals surface area (Å²) in [6.07, 6.45) is -6.65. The molecule has 11 heteroatoms. The van der Waals surface area contributed by atoms with Gasteiger partial charge in [0, 0.05) is 39.3 Å². The lowest BCUT2D eigenvalue weighted by molar-refractivity contribution is -0.143. The number of amides is 1. The second-order valence-corrected chi connectivity index (χ2v) is 10.4. The van der Waals surface area contributed by atoms with Crippen molar-refractivity contribution in [1.29, 1.82) is 0 Å². The van der Waals surface area contributed by atoms with Crippen LogP contribution in [0.25, 0.3) is 0 Å². The number of carbonyl (C=O) groups is 1. The summed E-state index contributed by atoms with van der Waals surface area (Å²) in [6, 6.07) is 10.5. The van der Waals surface area contributed by atoms with Crippen LogP contribution in [0.5, 0.6) is 0 Å². The highest BCUT2D eigenvalue weighted by molar-refractivity contribution is 5.83. The van der Waals surface area contributed by atoms with Crippen molar-refractivity contribution in [3.8, 4) is 0 Å². The second kappa shape index (κ2) is 13.8. The predicted octanol–water partition coefficient (Wildman–Crippen LogP) is 5.64. The maximum atomic E-state index is 13.7. The van der Waals surface area contributed by atoms with E-state index in [1.54, 1.807) is 0 Å². The maximum Gasteiger partial charge on any atom is 0.416 e. The van der Waals surface area contributed by atoms with Crippen molar-refractivity contribution in [3.63, 3.8) is 0 Å². The first-order valence-electron chi connectivity index (χ1n) is 13.4. The fourth-order valence-electron chi connectivity index (χ4n) is 5.16. The molecule has 40 heavy (non-hydrogen) atoms. The second-order valence-electron chi connectivity index (χ2n) is 10.4. The van der Waals surface area contributed by atoms with E-state index in [-0.39, 0.29) is 37.1 Å². The summed E-state index contributed by atoms with van der Waals surface area (Å²) in [5.41, 5.74) is -2.08. The summed E-state index contributed by atoms with van der Waals surface area (Å²) in [5, 5.41) is 9.03. The molecule has 222 valence electrons. The van der Waals surface area contributed by atoms with Gasteiger partial charge in [0.15, 0.2) is 0 Å². The van der Waals surface area contributed by atoms with Crippen molar-refractivity contribution in [1.82, 2.24) is 14.7 Å². The molecule has 0 spiro atoms. The van der Waals surface area contributed by atoms with E-state index in [4.69, 9.17) is 5.11 Å². The maximum absolute atomic E-state index is 13.7. The normalized spacial score (nSPS) is 16.4. The van der Waals surface area contributed by atoms with Crippen LogP contribution in [0.2, 0.25) is 0 Å². The quantitative estimate of drug-likeness (QED) is 0.280. The number of hydrogen-bond acceptors (Lipinski definition) is 4. The molecule has 0 radical (unpaired) electrons. The zero-order chi connectivity index (χ0) is 29.5. The summed E-state index contributed by atoms with van der Waals surface area (Å²) in [5.74, 6) is -0.260. The molecule has 2 aromatic rings. The Morgan fingerprint density at radius 2 is 1.50 bits per heavy atom. The number of hydrogen-bond donors (Lipinski definition) is 1. The topological polar surface area (TPSA) is 47.0 Å². The van der Waals surface area contributed by atoms with E-state index in [0.717, 1.165) is 37.8 Å². The smallest absolute Gasteiger partial charge is 0.396 e. The average molecular weight is 574 g/mol. The van der Waals surface area contributed by atoms with Gasteiger partial charge in [0.05, 0.1) is 11.1 Å². The van der Waals surface area contributed by atoms with Gasteiger partial charge in [-0.3, -0.25) is 9.69 Å². The molecule has 1 saturated heterocycles. The van der Waals surface area contributed by atoms with Gasteiger partial charge >= 0.3 is 12.4 Å². The van der Waals surface area contributed by atoms with Crippen LogP contribution in [0.1, 0.15) is 54.0 Å².